The molecule has 0 spiro atoms. The van der Waals surface area contributed by atoms with Crippen molar-refractivity contribution in [1.82, 2.24) is 4.90 Å². The molecule has 0 aromatic carbocycles. The van der Waals surface area contributed by atoms with Crippen molar-refractivity contribution in [2.24, 2.45) is 5.73 Å². The van der Waals surface area contributed by atoms with Crippen LogP contribution in [0, 0.1) is 5.41 Å². The lowest BCUT2D eigenvalue weighted by Crippen LogP contribution is -2.48. The van der Waals surface area contributed by atoms with Gasteiger partial charge in [0.1, 0.15) is 0 Å². The Morgan fingerprint density at radius 1 is 1.62 bits per heavy atom. The molecule has 0 saturated carbocycles. The summed E-state index contributed by atoms with van der Waals surface area (Å²) in [6.07, 6.45) is 0.663. The van der Waals surface area contributed by atoms with E-state index in [1.165, 1.54) is 0 Å². The maximum atomic E-state index is 7.13. The molecule has 0 aromatic heterocycles. The second-order valence-corrected chi connectivity index (χ2v) is 4.16. The summed E-state index contributed by atoms with van der Waals surface area (Å²) >= 11 is 0. The number of nitrogens with two attached hydrogens (primary N) is 1. The fourth-order valence-corrected chi connectivity index (χ4v) is 1.58. The summed E-state index contributed by atoms with van der Waals surface area (Å²) in [5.41, 5.74) is 5.26. The first-order valence-electron chi connectivity index (χ1n) is 4.69. The number of hydrogen-bond acceptors (Lipinski definition) is 3. The van der Waals surface area contributed by atoms with E-state index in [1.54, 1.807) is 0 Å². The normalized spacial score (nSPS) is 22.9. The molecule has 3 N–H and O–H groups in total. The van der Waals surface area contributed by atoms with Crippen LogP contribution >= 0.6 is 0 Å². The highest BCUT2D eigenvalue weighted by molar-refractivity contribution is 5.76. The third-order valence-corrected chi connectivity index (χ3v) is 2.20. The van der Waals surface area contributed by atoms with Gasteiger partial charge in [0.15, 0.2) is 0 Å². The van der Waals surface area contributed by atoms with Crippen LogP contribution in [-0.4, -0.2) is 42.6 Å². The molecule has 1 rings (SSSR count). The Kier molecular flexibility index (Phi) is 3.27. The molecule has 13 heavy (non-hydrogen) atoms. The van der Waals surface area contributed by atoms with Crippen molar-refractivity contribution >= 4 is 5.84 Å². The summed E-state index contributed by atoms with van der Waals surface area (Å²) in [7, 11) is 0. The van der Waals surface area contributed by atoms with Crippen LogP contribution in [0.25, 0.3) is 0 Å². The maximum Gasteiger partial charge on any atom is 0.0918 e. The fraction of sp³-hybridized carbons (Fsp3) is 0.889. The van der Waals surface area contributed by atoms with Gasteiger partial charge in [0, 0.05) is 26.1 Å². The van der Waals surface area contributed by atoms with Crippen molar-refractivity contribution in [3.05, 3.63) is 0 Å². The van der Waals surface area contributed by atoms with Crippen molar-refractivity contribution in [2.45, 2.75) is 25.9 Å². The molecule has 0 bridgehead atoms. The minimum atomic E-state index is -0.0466. The van der Waals surface area contributed by atoms with Gasteiger partial charge in [-0.1, -0.05) is 0 Å². The fourth-order valence-electron chi connectivity index (χ4n) is 1.58. The number of hydrogen-bond donors (Lipinski definition) is 2. The summed E-state index contributed by atoms with van der Waals surface area (Å²) in [6, 6.07) is 0. The molecule has 4 nitrogen and oxygen atoms in total. The monoisotopic (exact) mass is 185 g/mol. The lowest BCUT2D eigenvalue weighted by atomic mass is 10.1. The van der Waals surface area contributed by atoms with Gasteiger partial charge in [-0.05, 0) is 13.8 Å². The zero-order valence-corrected chi connectivity index (χ0v) is 8.47. The highest BCUT2D eigenvalue weighted by atomic mass is 16.5. The number of nitrogens with one attached hydrogen (secondary N) is 1. The molecule has 0 radical (unpaired) electrons. The Hall–Kier alpha value is -0.610. The Morgan fingerprint density at radius 2 is 2.31 bits per heavy atom. The zero-order valence-electron chi connectivity index (χ0n) is 8.47. The summed E-state index contributed by atoms with van der Waals surface area (Å²) in [6.45, 7) is 7.73. The third-order valence-electron chi connectivity index (χ3n) is 2.20. The van der Waals surface area contributed by atoms with Gasteiger partial charge in [0.25, 0.3) is 0 Å². The first kappa shape index (κ1) is 10.5. The SMILES string of the molecule is CC1(C)CN(CCC(=N)N)CCO1. The zero-order chi connectivity index (χ0) is 9.90. The summed E-state index contributed by atoms with van der Waals surface area (Å²) in [5, 5.41) is 7.13. The molecule has 0 amide bonds. The largest absolute Gasteiger partial charge is 0.388 e. The van der Waals surface area contributed by atoms with E-state index >= 15 is 0 Å². The summed E-state index contributed by atoms with van der Waals surface area (Å²) in [5.74, 6) is 0.268. The predicted molar refractivity (Wildman–Crippen MR) is 53.0 cm³/mol. The molecule has 1 saturated heterocycles. The van der Waals surface area contributed by atoms with Crippen LogP contribution in [0.15, 0.2) is 0 Å². The minimum absolute atomic E-state index is 0.0466. The topological polar surface area (TPSA) is 62.3 Å². The number of ether oxygens (including phenoxy) is 1. The average Bonchev–Trinajstić information content (AvgIpc) is 1.99. The average molecular weight is 185 g/mol. The van der Waals surface area contributed by atoms with Gasteiger partial charge in [-0.15, -0.1) is 0 Å². The van der Waals surface area contributed by atoms with Crippen LogP contribution in [0.1, 0.15) is 20.3 Å². The molecule has 1 aliphatic rings. The van der Waals surface area contributed by atoms with Crippen LogP contribution < -0.4 is 5.73 Å². The van der Waals surface area contributed by atoms with E-state index in [9.17, 15) is 0 Å². The van der Waals surface area contributed by atoms with Gasteiger partial charge in [-0.25, -0.2) is 0 Å². The van der Waals surface area contributed by atoms with E-state index in [4.69, 9.17) is 15.9 Å². The van der Waals surface area contributed by atoms with E-state index in [0.717, 1.165) is 26.2 Å². The van der Waals surface area contributed by atoms with Gasteiger partial charge in [-0.2, -0.15) is 0 Å². The lowest BCUT2D eigenvalue weighted by Gasteiger charge is -2.38. The predicted octanol–water partition coefficient (Wildman–Crippen LogP) is 0.423. The first-order chi connectivity index (χ1) is 5.99. The van der Waals surface area contributed by atoms with E-state index in [0.29, 0.717) is 6.42 Å². The molecule has 1 heterocycles. The molecule has 1 aliphatic heterocycles. The summed E-state index contributed by atoms with van der Waals surface area (Å²) < 4.78 is 5.58. The van der Waals surface area contributed by atoms with E-state index < -0.39 is 0 Å². The minimum Gasteiger partial charge on any atom is -0.388 e. The number of rotatable bonds is 3. The Morgan fingerprint density at radius 3 is 2.85 bits per heavy atom. The van der Waals surface area contributed by atoms with Crippen molar-refractivity contribution in [3.8, 4) is 0 Å². The highest BCUT2D eigenvalue weighted by Gasteiger charge is 2.26. The Labute approximate surface area is 79.6 Å². The summed E-state index contributed by atoms with van der Waals surface area (Å²) in [4.78, 5) is 2.30. The number of amidine groups is 1. The van der Waals surface area contributed by atoms with E-state index in [1.807, 2.05) is 0 Å². The van der Waals surface area contributed by atoms with Crippen LogP contribution in [0.3, 0.4) is 0 Å². The van der Waals surface area contributed by atoms with E-state index in [-0.39, 0.29) is 11.4 Å². The van der Waals surface area contributed by atoms with Gasteiger partial charge >= 0.3 is 0 Å². The molecule has 1 fully saturated rings. The van der Waals surface area contributed by atoms with E-state index in [2.05, 4.69) is 18.7 Å². The third kappa shape index (κ3) is 3.74. The number of morpholine rings is 1. The lowest BCUT2D eigenvalue weighted by molar-refractivity contribution is -0.0852. The van der Waals surface area contributed by atoms with Gasteiger partial charge < -0.3 is 10.5 Å². The number of nitrogens with zero attached hydrogens (tertiary/aromatic N) is 1. The van der Waals surface area contributed by atoms with Gasteiger partial charge in [-0.3, -0.25) is 10.3 Å². The standard InChI is InChI=1S/C9H19N3O/c1-9(2)7-12(5-6-13-9)4-3-8(10)11/h3-7H2,1-2H3,(H3,10,11). The Balaban J connectivity index is 2.30. The second kappa shape index (κ2) is 4.07. The van der Waals surface area contributed by atoms with Crippen LogP contribution in [0.4, 0.5) is 0 Å². The molecular formula is C9H19N3O. The van der Waals surface area contributed by atoms with Gasteiger partial charge in [0.2, 0.25) is 0 Å². The van der Waals surface area contributed by atoms with Crippen molar-refractivity contribution in [1.29, 1.82) is 5.41 Å². The molecular weight excluding hydrogens is 166 g/mol. The first-order valence-corrected chi connectivity index (χ1v) is 4.69. The highest BCUT2D eigenvalue weighted by Crippen LogP contribution is 2.16. The van der Waals surface area contributed by atoms with Crippen molar-refractivity contribution in [2.75, 3.05) is 26.2 Å². The maximum absolute atomic E-state index is 7.13. The molecule has 0 unspecified atom stereocenters. The van der Waals surface area contributed by atoms with Crippen LogP contribution in [0.5, 0.6) is 0 Å². The van der Waals surface area contributed by atoms with Crippen molar-refractivity contribution < 1.29 is 4.74 Å². The quantitative estimate of drug-likeness (QED) is 0.495. The molecule has 0 atom stereocenters. The molecule has 0 aliphatic carbocycles. The molecule has 0 aromatic rings. The molecule has 4 heteroatoms. The Bertz CT molecular complexity index is 191. The van der Waals surface area contributed by atoms with Crippen LogP contribution in [0.2, 0.25) is 0 Å². The van der Waals surface area contributed by atoms with Crippen molar-refractivity contribution in [3.63, 3.8) is 0 Å². The van der Waals surface area contributed by atoms with Crippen LogP contribution in [-0.2, 0) is 4.74 Å². The molecule has 76 valence electrons. The second-order valence-electron chi connectivity index (χ2n) is 4.16. The smallest absolute Gasteiger partial charge is 0.0918 e. The van der Waals surface area contributed by atoms with Gasteiger partial charge in [0.05, 0.1) is 18.0 Å².